The van der Waals surface area contributed by atoms with E-state index < -0.39 is 10.0 Å². The Hall–Kier alpha value is -2.23. The smallest absolute Gasteiger partial charge is 0.271 e. The first-order chi connectivity index (χ1) is 11.8. The van der Waals surface area contributed by atoms with Crippen LogP contribution in [0.2, 0.25) is 0 Å². The third kappa shape index (κ3) is 4.25. The van der Waals surface area contributed by atoms with E-state index in [1.807, 2.05) is 12.3 Å². The van der Waals surface area contributed by atoms with Gasteiger partial charge in [-0.25, -0.2) is 13.4 Å². The highest BCUT2D eigenvalue weighted by Crippen LogP contribution is 2.31. The Morgan fingerprint density at radius 1 is 1.08 bits per heavy atom. The Bertz CT molecular complexity index is 1000. The molecule has 130 valence electrons. The molecule has 1 amide bonds. The molecule has 0 aliphatic heterocycles. The Morgan fingerprint density at radius 2 is 1.76 bits per heavy atom. The molecule has 0 atom stereocenters. The van der Waals surface area contributed by atoms with E-state index >= 15 is 0 Å². The van der Waals surface area contributed by atoms with Gasteiger partial charge in [0.15, 0.2) is 0 Å². The number of amides is 1. The third-order valence-corrected chi connectivity index (χ3v) is 6.99. The van der Waals surface area contributed by atoms with Gasteiger partial charge in [0.05, 0.1) is 0 Å². The molecule has 25 heavy (non-hydrogen) atoms. The lowest BCUT2D eigenvalue weighted by molar-refractivity contribution is -0.114. The Balaban J connectivity index is 1.78. The zero-order chi connectivity index (χ0) is 18.0. The Labute approximate surface area is 153 Å². The fourth-order valence-electron chi connectivity index (χ4n) is 2.09. The maximum atomic E-state index is 12.5. The van der Waals surface area contributed by atoms with Crippen molar-refractivity contribution < 1.29 is 13.2 Å². The molecule has 0 spiro atoms. The predicted molar refractivity (Wildman–Crippen MR) is 102 cm³/mol. The monoisotopic (exact) mass is 393 g/mol. The van der Waals surface area contributed by atoms with E-state index in [-0.39, 0.29) is 10.1 Å². The van der Waals surface area contributed by atoms with Crippen LogP contribution in [0.4, 0.5) is 11.4 Å². The first-order valence-electron chi connectivity index (χ1n) is 7.25. The summed E-state index contributed by atoms with van der Waals surface area (Å²) in [5.41, 5.74) is 2.74. The lowest BCUT2D eigenvalue weighted by atomic mass is 10.3. The number of nitrogens with zero attached hydrogens (tertiary/aromatic N) is 1. The molecule has 0 unspecified atom stereocenters. The van der Waals surface area contributed by atoms with E-state index in [0.717, 1.165) is 27.6 Å². The topological polar surface area (TPSA) is 88.2 Å². The lowest BCUT2D eigenvalue weighted by Crippen LogP contribution is -2.11. The van der Waals surface area contributed by atoms with Crippen LogP contribution in [0.1, 0.15) is 12.6 Å². The number of sulfonamides is 1. The molecule has 0 aliphatic rings. The van der Waals surface area contributed by atoms with Gasteiger partial charge in [0.2, 0.25) is 5.91 Å². The molecule has 0 bridgehead atoms. The quantitative estimate of drug-likeness (QED) is 0.687. The van der Waals surface area contributed by atoms with Crippen LogP contribution in [0.3, 0.4) is 0 Å². The number of aromatic nitrogens is 1. The number of benzene rings is 1. The number of carbonyl (C=O) groups excluding carboxylic acids is 1. The first kappa shape index (κ1) is 17.6. The standard InChI is InChI=1S/C16H15N3O3S3/c1-10-8-24-16(17-10)12-7-15(23-9-12)25(21,22)19-14-5-3-13(4-6-14)18-11(2)20/h3-9,19H,1-2H3,(H,18,20). The number of hydrogen-bond acceptors (Lipinski definition) is 6. The normalized spacial score (nSPS) is 11.3. The minimum absolute atomic E-state index is 0.183. The zero-order valence-corrected chi connectivity index (χ0v) is 15.9. The minimum Gasteiger partial charge on any atom is -0.326 e. The second-order valence-corrected chi connectivity index (χ2v) is 8.99. The van der Waals surface area contributed by atoms with Gasteiger partial charge in [-0.1, -0.05) is 0 Å². The van der Waals surface area contributed by atoms with Crippen molar-refractivity contribution in [1.82, 2.24) is 4.98 Å². The van der Waals surface area contributed by atoms with Crippen molar-refractivity contribution in [3.63, 3.8) is 0 Å². The molecule has 2 N–H and O–H groups in total. The molecule has 0 radical (unpaired) electrons. The number of hydrogen-bond donors (Lipinski definition) is 2. The fourth-order valence-corrected chi connectivity index (χ4v) is 5.17. The van der Waals surface area contributed by atoms with E-state index in [1.165, 1.54) is 18.3 Å². The molecule has 0 aliphatic carbocycles. The van der Waals surface area contributed by atoms with Gasteiger partial charge >= 0.3 is 0 Å². The van der Waals surface area contributed by atoms with Crippen LogP contribution in [-0.2, 0) is 14.8 Å². The average Bonchev–Trinajstić information content (AvgIpc) is 3.17. The summed E-state index contributed by atoms with van der Waals surface area (Å²) >= 11 is 2.63. The number of anilines is 2. The maximum Gasteiger partial charge on any atom is 0.271 e. The van der Waals surface area contributed by atoms with Crippen LogP contribution in [0.25, 0.3) is 10.6 Å². The predicted octanol–water partition coefficient (Wildman–Crippen LogP) is 3.94. The van der Waals surface area contributed by atoms with Gasteiger partial charge in [-0.15, -0.1) is 22.7 Å². The fraction of sp³-hybridized carbons (Fsp3) is 0.125. The van der Waals surface area contributed by atoms with Gasteiger partial charge in [0.25, 0.3) is 10.0 Å². The van der Waals surface area contributed by atoms with Gasteiger partial charge in [-0.3, -0.25) is 9.52 Å². The molecule has 1 aromatic carbocycles. The van der Waals surface area contributed by atoms with Gasteiger partial charge in [0, 0.05) is 40.3 Å². The summed E-state index contributed by atoms with van der Waals surface area (Å²) in [6.07, 6.45) is 0. The molecule has 6 nitrogen and oxygen atoms in total. The van der Waals surface area contributed by atoms with Crippen molar-refractivity contribution in [2.24, 2.45) is 0 Å². The second-order valence-electron chi connectivity index (χ2n) is 5.31. The number of carbonyl (C=O) groups is 1. The minimum atomic E-state index is -3.67. The molecule has 3 aromatic rings. The van der Waals surface area contributed by atoms with Crippen molar-refractivity contribution in [3.05, 3.63) is 46.8 Å². The second kappa shape index (κ2) is 6.95. The van der Waals surface area contributed by atoms with Crippen LogP contribution >= 0.6 is 22.7 Å². The number of rotatable bonds is 5. The molecule has 0 saturated heterocycles. The Morgan fingerprint density at radius 3 is 2.36 bits per heavy atom. The van der Waals surface area contributed by atoms with E-state index in [0.29, 0.717) is 11.4 Å². The van der Waals surface area contributed by atoms with E-state index in [1.54, 1.807) is 35.7 Å². The number of nitrogens with one attached hydrogen (secondary N) is 2. The van der Waals surface area contributed by atoms with Crippen molar-refractivity contribution in [3.8, 4) is 10.6 Å². The molecular weight excluding hydrogens is 378 g/mol. The van der Waals surface area contributed by atoms with E-state index in [4.69, 9.17) is 0 Å². The van der Waals surface area contributed by atoms with E-state index in [2.05, 4.69) is 15.0 Å². The summed E-state index contributed by atoms with van der Waals surface area (Å²) in [7, 11) is -3.67. The lowest BCUT2D eigenvalue weighted by Gasteiger charge is -2.07. The van der Waals surface area contributed by atoms with Gasteiger partial charge < -0.3 is 5.32 Å². The molecule has 3 rings (SSSR count). The summed E-state index contributed by atoms with van der Waals surface area (Å²) < 4.78 is 27.8. The Kier molecular flexibility index (Phi) is 4.89. The number of thiophene rings is 1. The van der Waals surface area contributed by atoms with Crippen LogP contribution in [0, 0.1) is 6.92 Å². The number of thiazole rings is 1. The number of aryl methyl sites for hydroxylation is 1. The van der Waals surface area contributed by atoms with Crippen molar-refractivity contribution in [2.75, 3.05) is 10.0 Å². The van der Waals surface area contributed by atoms with Gasteiger partial charge in [0.1, 0.15) is 9.22 Å². The average molecular weight is 394 g/mol. The van der Waals surface area contributed by atoms with Gasteiger partial charge in [-0.2, -0.15) is 0 Å². The highest BCUT2D eigenvalue weighted by Gasteiger charge is 2.18. The van der Waals surface area contributed by atoms with Crippen LogP contribution < -0.4 is 10.0 Å². The summed E-state index contributed by atoms with van der Waals surface area (Å²) in [5.74, 6) is -0.183. The molecular formula is C16H15N3O3S3. The third-order valence-electron chi connectivity index (χ3n) is 3.16. The highest BCUT2D eigenvalue weighted by molar-refractivity contribution is 7.94. The maximum absolute atomic E-state index is 12.5. The largest absolute Gasteiger partial charge is 0.326 e. The van der Waals surface area contributed by atoms with Crippen LogP contribution in [0.5, 0.6) is 0 Å². The van der Waals surface area contributed by atoms with Gasteiger partial charge in [-0.05, 0) is 37.3 Å². The van der Waals surface area contributed by atoms with Crippen molar-refractivity contribution in [2.45, 2.75) is 18.1 Å². The van der Waals surface area contributed by atoms with Crippen LogP contribution in [-0.4, -0.2) is 19.3 Å². The molecule has 2 heterocycles. The molecule has 2 aromatic heterocycles. The van der Waals surface area contributed by atoms with E-state index in [9.17, 15) is 13.2 Å². The SMILES string of the molecule is CC(=O)Nc1ccc(NS(=O)(=O)c2cc(-c3nc(C)cs3)cs2)cc1. The van der Waals surface area contributed by atoms with Crippen molar-refractivity contribution >= 4 is 50.0 Å². The summed E-state index contributed by atoms with van der Waals surface area (Å²) in [5, 5.41) is 7.14. The van der Waals surface area contributed by atoms with Crippen molar-refractivity contribution in [1.29, 1.82) is 0 Å². The summed E-state index contributed by atoms with van der Waals surface area (Å²) in [6.45, 7) is 3.31. The van der Waals surface area contributed by atoms with Crippen LogP contribution in [0.15, 0.2) is 45.3 Å². The first-order valence-corrected chi connectivity index (χ1v) is 10.5. The molecule has 0 fully saturated rings. The summed E-state index contributed by atoms with van der Waals surface area (Å²) in [4.78, 5) is 15.4. The summed E-state index contributed by atoms with van der Waals surface area (Å²) in [6, 6.07) is 8.09. The highest BCUT2D eigenvalue weighted by atomic mass is 32.2. The zero-order valence-electron chi connectivity index (χ0n) is 13.4. The molecule has 9 heteroatoms. The molecule has 0 saturated carbocycles.